The third-order valence-electron chi connectivity index (χ3n) is 4.66. The van der Waals surface area contributed by atoms with Crippen LogP contribution in [0.2, 0.25) is 0 Å². The van der Waals surface area contributed by atoms with Gasteiger partial charge >= 0.3 is 0 Å². The molecule has 0 aromatic rings. The zero-order valence-electron chi connectivity index (χ0n) is 13.2. The molecule has 0 aromatic heterocycles. The molecule has 2 rings (SSSR count). The van der Waals surface area contributed by atoms with Crippen molar-refractivity contribution in [2.24, 2.45) is 5.92 Å². The Kier molecular flexibility index (Phi) is 6.23. The van der Waals surface area contributed by atoms with Crippen LogP contribution in [-0.2, 0) is 0 Å². The van der Waals surface area contributed by atoms with Gasteiger partial charge in [-0.2, -0.15) is 17.0 Å². The predicted octanol–water partition coefficient (Wildman–Crippen LogP) is 4.50. The molecule has 2 aliphatic carbocycles. The average Bonchev–Trinajstić information content (AvgIpc) is 3.22. The number of hydrogen-bond acceptors (Lipinski definition) is 3. The summed E-state index contributed by atoms with van der Waals surface area (Å²) >= 11 is 2.18. The van der Waals surface area contributed by atoms with Gasteiger partial charge in [-0.1, -0.05) is 19.8 Å². The Morgan fingerprint density at radius 3 is 2.70 bits per heavy atom. The molecule has 1 N–H and O–H groups in total. The maximum absolute atomic E-state index is 9.33. The lowest BCUT2D eigenvalue weighted by Gasteiger charge is -2.26. The van der Waals surface area contributed by atoms with Crippen LogP contribution in [0, 0.1) is 17.2 Å². The normalized spacial score (nSPS) is 29.6. The minimum Gasteiger partial charge on any atom is -0.297 e. The lowest BCUT2D eigenvalue weighted by atomic mass is 9.91. The van der Waals surface area contributed by atoms with Gasteiger partial charge in [0.2, 0.25) is 0 Å². The topological polar surface area (TPSA) is 35.8 Å². The molecule has 0 aromatic carbocycles. The monoisotopic (exact) mass is 294 g/mol. The summed E-state index contributed by atoms with van der Waals surface area (Å²) in [5.74, 6) is 2.22. The summed E-state index contributed by atoms with van der Waals surface area (Å²) in [4.78, 5) is 0. The Labute approximate surface area is 129 Å². The summed E-state index contributed by atoms with van der Waals surface area (Å²) < 4.78 is 0. The van der Waals surface area contributed by atoms with Crippen molar-refractivity contribution >= 4 is 11.8 Å². The van der Waals surface area contributed by atoms with E-state index in [1.807, 2.05) is 0 Å². The summed E-state index contributed by atoms with van der Waals surface area (Å²) in [7, 11) is 0. The number of nitriles is 1. The van der Waals surface area contributed by atoms with Crippen LogP contribution in [0.15, 0.2) is 0 Å². The molecular formula is C17H30N2S. The molecule has 3 unspecified atom stereocenters. The first-order valence-corrected chi connectivity index (χ1v) is 9.47. The highest BCUT2D eigenvalue weighted by atomic mass is 32.2. The summed E-state index contributed by atoms with van der Waals surface area (Å²) in [5.41, 5.74) is -0.287. The molecular weight excluding hydrogens is 264 g/mol. The largest absolute Gasteiger partial charge is 0.297 e. The predicted molar refractivity (Wildman–Crippen MR) is 87.9 cm³/mol. The molecule has 0 spiro atoms. The van der Waals surface area contributed by atoms with Crippen molar-refractivity contribution in [3.63, 3.8) is 0 Å². The van der Waals surface area contributed by atoms with E-state index >= 15 is 0 Å². The highest BCUT2D eigenvalue weighted by Crippen LogP contribution is 2.32. The molecule has 0 aliphatic heterocycles. The van der Waals surface area contributed by atoms with Crippen molar-refractivity contribution in [1.82, 2.24) is 5.32 Å². The van der Waals surface area contributed by atoms with E-state index in [-0.39, 0.29) is 5.54 Å². The number of unbranched alkanes of at least 4 members (excludes halogenated alkanes) is 1. The minimum absolute atomic E-state index is 0.287. The number of nitrogens with one attached hydrogen (secondary N) is 1. The van der Waals surface area contributed by atoms with Crippen LogP contribution in [0.1, 0.15) is 71.6 Å². The second kappa shape index (κ2) is 7.71. The molecule has 0 radical (unpaired) electrons. The van der Waals surface area contributed by atoms with Crippen LogP contribution in [0.5, 0.6) is 0 Å². The molecule has 20 heavy (non-hydrogen) atoms. The fraction of sp³-hybridized carbons (Fsp3) is 0.941. The zero-order chi connectivity index (χ0) is 14.4. The van der Waals surface area contributed by atoms with Gasteiger partial charge < -0.3 is 0 Å². The minimum atomic E-state index is -0.287. The molecule has 114 valence electrons. The zero-order valence-corrected chi connectivity index (χ0v) is 14.0. The van der Waals surface area contributed by atoms with Crippen LogP contribution in [0.25, 0.3) is 0 Å². The van der Waals surface area contributed by atoms with Gasteiger partial charge in [0.15, 0.2) is 0 Å². The van der Waals surface area contributed by atoms with E-state index in [0.29, 0.717) is 6.04 Å². The van der Waals surface area contributed by atoms with Gasteiger partial charge in [0.25, 0.3) is 0 Å². The van der Waals surface area contributed by atoms with E-state index in [0.717, 1.165) is 17.6 Å². The molecule has 0 heterocycles. The Bertz CT molecular complexity index is 334. The first-order valence-electron chi connectivity index (χ1n) is 8.42. The van der Waals surface area contributed by atoms with E-state index in [4.69, 9.17) is 0 Å². The average molecular weight is 295 g/mol. The van der Waals surface area contributed by atoms with Crippen molar-refractivity contribution < 1.29 is 0 Å². The van der Waals surface area contributed by atoms with E-state index in [2.05, 4.69) is 37.0 Å². The molecule has 2 nitrogen and oxygen atoms in total. The molecule has 2 fully saturated rings. The number of nitrogens with zero attached hydrogens (tertiary/aromatic N) is 1. The van der Waals surface area contributed by atoms with Crippen molar-refractivity contribution in [2.45, 2.75) is 88.5 Å². The molecule has 2 aliphatic rings. The Morgan fingerprint density at radius 1 is 1.25 bits per heavy atom. The fourth-order valence-corrected chi connectivity index (χ4v) is 4.70. The third-order valence-corrected chi connectivity index (χ3v) is 6.08. The SMILES string of the molecule is CC1CCCC(SCCCCC(C)(C#N)NC2CC2)C1. The Hall–Kier alpha value is -0.200. The summed E-state index contributed by atoms with van der Waals surface area (Å²) in [6.07, 6.45) is 11.7. The molecule has 0 bridgehead atoms. The van der Waals surface area contributed by atoms with Crippen LogP contribution in [0.4, 0.5) is 0 Å². The van der Waals surface area contributed by atoms with Gasteiger partial charge in [0.05, 0.1) is 6.07 Å². The van der Waals surface area contributed by atoms with Crippen molar-refractivity contribution in [2.75, 3.05) is 5.75 Å². The highest BCUT2D eigenvalue weighted by Gasteiger charge is 2.31. The molecule has 0 amide bonds. The van der Waals surface area contributed by atoms with Gasteiger partial charge in [-0.25, -0.2) is 0 Å². The van der Waals surface area contributed by atoms with Gasteiger partial charge in [0, 0.05) is 11.3 Å². The van der Waals surface area contributed by atoms with Gasteiger partial charge in [-0.05, 0) is 63.5 Å². The van der Waals surface area contributed by atoms with Crippen molar-refractivity contribution in [1.29, 1.82) is 5.26 Å². The standard InChI is InChI=1S/C17H30N2S/c1-14-6-5-7-16(12-14)20-11-4-3-10-17(2,13-18)19-15-8-9-15/h14-16,19H,3-12H2,1-2H3. The van der Waals surface area contributed by atoms with E-state index in [1.54, 1.807) is 0 Å². The summed E-state index contributed by atoms with van der Waals surface area (Å²) in [6, 6.07) is 3.10. The third kappa shape index (κ3) is 5.66. The highest BCUT2D eigenvalue weighted by molar-refractivity contribution is 7.99. The maximum Gasteiger partial charge on any atom is 0.104 e. The number of rotatable bonds is 8. The van der Waals surface area contributed by atoms with E-state index < -0.39 is 0 Å². The van der Waals surface area contributed by atoms with Crippen LogP contribution in [-0.4, -0.2) is 22.6 Å². The smallest absolute Gasteiger partial charge is 0.104 e. The van der Waals surface area contributed by atoms with Crippen molar-refractivity contribution in [3.8, 4) is 6.07 Å². The number of thioether (sulfide) groups is 1. The lowest BCUT2D eigenvalue weighted by molar-refractivity contribution is 0.393. The van der Waals surface area contributed by atoms with Crippen LogP contribution >= 0.6 is 11.8 Å². The fourth-order valence-electron chi connectivity index (χ4n) is 3.20. The lowest BCUT2D eigenvalue weighted by Crippen LogP contribution is -2.42. The van der Waals surface area contributed by atoms with Crippen LogP contribution < -0.4 is 5.32 Å². The first kappa shape index (κ1) is 16.2. The molecule has 0 saturated heterocycles. The first-order chi connectivity index (χ1) is 9.61. The second-order valence-electron chi connectivity index (χ2n) is 7.08. The molecule has 3 heteroatoms. The molecule has 3 atom stereocenters. The second-order valence-corrected chi connectivity index (χ2v) is 8.49. The van der Waals surface area contributed by atoms with Gasteiger partial charge in [0.1, 0.15) is 5.54 Å². The van der Waals surface area contributed by atoms with E-state index in [1.165, 1.54) is 57.1 Å². The summed E-state index contributed by atoms with van der Waals surface area (Å²) in [6.45, 7) is 4.47. The Balaban J connectivity index is 1.55. The number of hydrogen-bond donors (Lipinski definition) is 1. The maximum atomic E-state index is 9.33. The van der Waals surface area contributed by atoms with E-state index in [9.17, 15) is 5.26 Å². The molecule has 2 saturated carbocycles. The summed E-state index contributed by atoms with van der Waals surface area (Å²) in [5, 5.41) is 13.7. The van der Waals surface area contributed by atoms with Crippen molar-refractivity contribution in [3.05, 3.63) is 0 Å². The quantitative estimate of drug-likeness (QED) is 0.669. The van der Waals surface area contributed by atoms with Gasteiger partial charge in [-0.3, -0.25) is 5.32 Å². The van der Waals surface area contributed by atoms with Gasteiger partial charge in [-0.15, -0.1) is 0 Å². The Morgan fingerprint density at radius 2 is 2.05 bits per heavy atom. The van der Waals surface area contributed by atoms with Crippen LogP contribution in [0.3, 0.4) is 0 Å².